The standard InChI is InChI=1S/C20H21NO4S/c22-18(23)10-9-14-5-3-11-21(13-14)20(25)16-7-2-1-6-15(16)19(24)17-8-4-12-26-17/h1-2,4,6-8,12,14H,3,5,9-11,13H2,(H,22,23). The summed E-state index contributed by atoms with van der Waals surface area (Å²) in [5.41, 5.74) is 0.845. The van der Waals surface area contributed by atoms with Crippen LogP contribution in [0.15, 0.2) is 41.8 Å². The van der Waals surface area contributed by atoms with Gasteiger partial charge in [0.05, 0.1) is 10.4 Å². The number of rotatable bonds is 6. The van der Waals surface area contributed by atoms with E-state index >= 15 is 0 Å². The highest BCUT2D eigenvalue weighted by Crippen LogP contribution is 2.25. The predicted octanol–water partition coefficient (Wildman–Crippen LogP) is 3.70. The zero-order valence-corrected chi connectivity index (χ0v) is 15.2. The largest absolute Gasteiger partial charge is 0.481 e. The smallest absolute Gasteiger partial charge is 0.303 e. The highest BCUT2D eigenvalue weighted by Gasteiger charge is 2.27. The van der Waals surface area contributed by atoms with Crippen molar-refractivity contribution in [1.82, 2.24) is 4.90 Å². The summed E-state index contributed by atoms with van der Waals surface area (Å²) in [7, 11) is 0. The quantitative estimate of drug-likeness (QED) is 0.786. The van der Waals surface area contributed by atoms with Crippen LogP contribution in [0.1, 0.15) is 51.3 Å². The van der Waals surface area contributed by atoms with Crippen molar-refractivity contribution in [3.8, 4) is 0 Å². The maximum atomic E-state index is 13.0. The van der Waals surface area contributed by atoms with Gasteiger partial charge in [-0.3, -0.25) is 14.4 Å². The summed E-state index contributed by atoms with van der Waals surface area (Å²) < 4.78 is 0. The van der Waals surface area contributed by atoms with Crippen molar-refractivity contribution < 1.29 is 19.5 Å². The molecule has 2 heterocycles. The van der Waals surface area contributed by atoms with Gasteiger partial charge in [-0.1, -0.05) is 24.3 Å². The number of aliphatic carboxylic acids is 1. The molecule has 1 aliphatic heterocycles. The van der Waals surface area contributed by atoms with Crippen LogP contribution in [0, 0.1) is 5.92 Å². The van der Waals surface area contributed by atoms with Crippen molar-refractivity contribution in [2.24, 2.45) is 5.92 Å². The Balaban J connectivity index is 1.77. The number of nitrogens with zero attached hydrogens (tertiary/aromatic N) is 1. The van der Waals surface area contributed by atoms with Crippen LogP contribution in [-0.4, -0.2) is 40.8 Å². The number of carboxylic acids is 1. The summed E-state index contributed by atoms with van der Waals surface area (Å²) in [6.07, 6.45) is 2.50. The van der Waals surface area contributed by atoms with Gasteiger partial charge in [-0.05, 0) is 42.7 Å². The summed E-state index contributed by atoms with van der Waals surface area (Å²) in [6.45, 7) is 1.19. The fourth-order valence-electron chi connectivity index (χ4n) is 3.39. The van der Waals surface area contributed by atoms with Crippen LogP contribution in [-0.2, 0) is 4.79 Å². The van der Waals surface area contributed by atoms with E-state index in [0.717, 1.165) is 12.8 Å². The highest BCUT2D eigenvalue weighted by atomic mass is 32.1. The second-order valence-corrected chi connectivity index (χ2v) is 7.49. The summed E-state index contributed by atoms with van der Waals surface area (Å²) in [5, 5.41) is 10.7. The first-order valence-electron chi connectivity index (χ1n) is 8.74. The van der Waals surface area contributed by atoms with Crippen LogP contribution in [0.3, 0.4) is 0 Å². The Kier molecular flexibility index (Phi) is 5.83. The molecule has 136 valence electrons. The van der Waals surface area contributed by atoms with Gasteiger partial charge in [0.25, 0.3) is 5.91 Å². The molecule has 26 heavy (non-hydrogen) atoms. The molecule has 0 radical (unpaired) electrons. The normalized spacial score (nSPS) is 17.1. The van der Waals surface area contributed by atoms with Crippen LogP contribution in [0.25, 0.3) is 0 Å². The molecule has 1 N–H and O–H groups in total. The number of thiophene rings is 1. The molecule has 0 aliphatic carbocycles. The van der Waals surface area contributed by atoms with Crippen LogP contribution < -0.4 is 0 Å². The minimum absolute atomic E-state index is 0.125. The van der Waals surface area contributed by atoms with E-state index in [1.165, 1.54) is 11.3 Å². The molecule has 5 nitrogen and oxygen atoms in total. The lowest BCUT2D eigenvalue weighted by molar-refractivity contribution is -0.137. The molecule has 0 spiro atoms. The fourth-order valence-corrected chi connectivity index (χ4v) is 4.07. The summed E-state index contributed by atoms with van der Waals surface area (Å²) in [5.74, 6) is -0.891. The molecule has 1 fully saturated rings. The van der Waals surface area contributed by atoms with Gasteiger partial charge >= 0.3 is 5.97 Å². The molecule has 6 heteroatoms. The lowest BCUT2D eigenvalue weighted by Gasteiger charge is -2.33. The average Bonchev–Trinajstić information content (AvgIpc) is 3.20. The average molecular weight is 371 g/mol. The van der Waals surface area contributed by atoms with Gasteiger partial charge < -0.3 is 10.0 Å². The molecule has 0 bridgehead atoms. The first-order chi connectivity index (χ1) is 12.6. The second-order valence-electron chi connectivity index (χ2n) is 6.54. The number of hydrogen-bond acceptors (Lipinski definition) is 4. The number of amides is 1. The predicted molar refractivity (Wildman–Crippen MR) is 99.7 cm³/mol. The van der Waals surface area contributed by atoms with E-state index in [0.29, 0.717) is 35.5 Å². The van der Waals surface area contributed by atoms with Crippen molar-refractivity contribution in [2.75, 3.05) is 13.1 Å². The number of hydrogen-bond donors (Lipinski definition) is 1. The highest BCUT2D eigenvalue weighted by molar-refractivity contribution is 7.12. The summed E-state index contributed by atoms with van der Waals surface area (Å²) in [6, 6.07) is 10.5. The van der Waals surface area contributed by atoms with E-state index in [-0.39, 0.29) is 24.0 Å². The van der Waals surface area contributed by atoms with E-state index in [4.69, 9.17) is 5.11 Å². The second kappa shape index (κ2) is 8.27. The number of benzene rings is 1. The maximum absolute atomic E-state index is 13.0. The van der Waals surface area contributed by atoms with Gasteiger partial charge in [-0.15, -0.1) is 11.3 Å². The molecular formula is C20H21NO4S. The Morgan fingerprint density at radius 1 is 1.12 bits per heavy atom. The number of likely N-dealkylation sites (tertiary alicyclic amines) is 1. The Labute approximate surface area is 156 Å². The molecule has 2 aromatic rings. The van der Waals surface area contributed by atoms with Gasteiger partial charge in [-0.2, -0.15) is 0 Å². The van der Waals surface area contributed by atoms with Crippen molar-refractivity contribution in [3.63, 3.8) is 0 Å². The first kappa shape index (κ1) is 18.3. The first-order valence-corrected chi connectivity index (χ1v) is 9.62. The van der Waals surface area contributed by atoms with Gasteiger partial charge in [0.1, 0.15) is 0 Å². The Bertz CT molecular complexity index is 800. The van der Waals surface area contributed by atoms with Crippen molar-refractivity contribution in [3.05, 3.63) is 57.8 Å². The van der Waals surface area contributed by atoms with Crippen LogP contribution in [0.2, 0.25) is 0 Å². The zero-order valence-electron chi connectivity index (χ0n) is 14.4. The van der Waals surface area contributed by atoms with Gasteiger partial charge in [0, 0.05) is 25.1 Å². The molecule has 1 aromatic heterocycles. The number of carbonyl (C=O) groups is 3. The minimum Gasteiger partial charge on any atom is -0.481 e. The minimum atomic E-state index is -0.805. The topological polar surface area (TPSA) is 74.7 Å². The molecule has 1 saturated heterocycles. The third kappa shape index (κ3) is 4.19. The monoisotopic (exact) mass is 371 g/mol. The third-order valence-electron chi connectivity index (χ3n) is 4.72. The Morgan fingerprint density at radius 3 is 2.58 bits per heavy atom. The van der Waals surface area contributed by atoms with Gasteiger partial charge in [-0.25, -0.2) is 0 Å². The molecule has 1 aromatic carbocycles. The van der Waals surface area contributed by atoms with E-state index in [1.807, 2.05) is 11.4 Å². The fraction of sp³-hybridized carbons (Fsp3) is 0.350. The Morgan fingerprint density at radius 2 is 1.88 bits per heavy atom. The maximum Gasteiger partial charge on any atom is 0.303 e. The molecular weight excluding hydrogens is 350 g/mol. The van der Waals surface area contributed by atoms with Gasteiger partial charge in [0.15, 0.2) is 0 Å². The molecule has 1 unspecified atom stereocenters. The summed E-state index contributed by atoms with van der Waals surface area (Å²) in [4.78, 5) is 38.9. The molecule has 1 atom stereocenters. The summed E-state index contributed by atoms with van der Waals surface area (Å²) >= 11 is 1.36. The van der Waals surface area contributed by atoms with E-state index in [2.05, 4.69) is 0 Å². The number of carbonyl (C=O) groups excluding carboxylic acids is 2. The van der Waals surface area contributed by atoms with E-state index in [9.17, 15) is 14.4 Å². The van der Waals surface area contributed by atoms with Crippen molar-refractivity contribution >= 4 is 29.0 Å². The number of carboxylic acid groups (broad SMARTS) is 1. The number of piperidine rings is 1. The van der Waals surface area contributed by atoms with Crippen molar-refractivity contribution in [1.29, 1.82) is 0 Å². The van der Waals surface area contributed by atoms with Crippen LogP contribution in [0.5, 0.6) is 0 Å². The molecule has 3 rings (SSSR count). The van der Waals surface area contributed by atoms with Crippen LogP contribution >= 0.6 is 11.3 Å². The molecule has 1 amide bonds. The third-order valence-corrected chi connectivity index (χ3v) is 5.59. The lowest BCUT2D eigenvalue weighted by Crippen LogP contribution is -2.40. The Hall–Kier alpha value is -2.47. The SMILES string of the molecule is O=C(O)CCC1CCCN(C(=O)c2ccccc2C(=O)c2cccs2)C1. The van der Waals surface area contributed by atoms with E-state index in [1.54, 1.807) is 35.2 Å². The molecule has 0 saturated carbocycles. The van der Waals surface area contributed by atoms with Crippen molar-refractivity contribution in [2.45, 2.75) is 25.7 Å². The van der Waals surface area contributed by atoms with E-state index < -0.39 is 5.97 Å². The molecule has 1 aliphatic rings. The number of ketones is 1. The zero-order chi connectivity index (χ0) is 18.5. The lowest BCUT2D eigenvalue weighted by atomic mass is 9.92. The van der Waals surface area contributed by atoms with Crippen LogP contribution in [0.4, 0.5) is 0 Å². The van der Waals surface area contributed by atoms with Gasteiger partial charge in [0.2, 0.25) is 5.78 Å².